The molecule has 0 aromatic heterocycles. The van der Waals surface area contributed by atoms with Crippen LogP contribution in [0.25, 0.3) is 0 Å². The summed E-state index contributed by atoms with van der Waals surface area (Å²) in [4.78, 5) is 24.8. The molecule has 598 valence electrons. The Balaban J connectivity index is 0.000000174. The minimum Gasteiger partial charge on any atom is -0.495 e. The Labute approximate surface area is 647 Å². The van der Waals surface area contributed by atoms with E-state index in [2.05, 4.69) is 87.7 Å². The number of nitrogens with zero attached hydrogens (tertiary/aromatic N) is 7. The molecule has 6 aromatic rings. The van der Waals surface area contributed by atoms with Crippen LogP contribution in [0.15, 0.2) is 142 Å². The van der Waals surface area contributed by atoms with Crippen LogP contribution in [0.3, 0.4) is 0 Å². The smallest absolute Gasteiger partial charge is 0.416 e. The molecule has 12 rings (SSSR count). The summed E-state index contributed by atoms with van der Waals surface area (Å²) in [7, 11) is -9.12. The van der Waals surface area contributed by atoms with Crippen molar-refractivity contribution in [1.82, 2.24) is 28.9 Å². The molecule has 109 heavy (non-hydrogen) atoms. The predicted molar refractivity (Wildman–Crippen MR) is 421 cm³/mol. The fourth-order valence-electron chi connectivity index (χ4n) is 15.5. The highest BCUT2D eigenvalue weighted by atomic mass is 35.5. The van der Waals surface area contributed by atoms with Crippen molar-refractivity contribution < 1.29 is 67.0 Å². The van der Waals surface area contributed by atoms with Crippen molar-refractivity contribution in [1.29, 1.82) is 0 Å². The Bertz CT molecular complexity index is 4330. The van der Waals surface area contributed by atoms with Gasteiger partial charge in [0.1, 0.15) is 38.5 Å². The molecule has 6 aliphatic rings. The second-order valence-corrected chi connectivity index (χ2v) is 35.2. The highest BCUT2D eigenvalue weighted by Crippen LogP contribution is 2.39. The monoisotopic (exact) mass is 1590 g/mol. The molecule has 0 unspecified atom stereocenters. The van der Waals surface area contributed by atoms with E-state index in [9.17, 15) is 48.5 Å². The highest BCUT2D eigenvalue weighted by Gasteiger charge is 2.38. The molecule has 0 spiro atoms. The molecule has 0 atom stereocenters. The zero-order valence-electron chi connectivity index (χ0n) is 64.0. The summed E-state index contributed by atoms with van der Waals surface area (Å²) < 4.78 is 154. The number of sulfonamides is 3. The number of benzene rings is 6. The maximum atomic E-state index is 13.2. The minimum absolute atomic E-state index is 0.0253. The summed E-state index contributed by atoms with van der Waals surface area (Å²) in [6, 6.07) is 36.3. The Morgan fingerprint density at radius 2 is 0.771 bits per heavy atom. The Morgan fingerprint density at radius 1 is 0.440 bits per heavy atom. The SMILES string of the molecule is COc1ccc(C(F)(F)F)cc1S(=O)(=O)NC1CCC(N2CCN(c3ccccc3OC(C)C)CC2)CC1.COc1ccc([N+](=O)[O-])cc1S(=O)(=O)NC1CCC(N2CCN(c3ccccc3OC(C)C)CC2)CC1.Cc1ccc(S(=O)(=O)NC2CCC(N3CCN(c4ccccc4OC(C)C)CC3)CC2)cc1Cl. The summed E-state index contributed by atoms with van der Waals surface area (Å²) in [5.74, 6) is 2.73. The molecule has 23 nitrogen and oxygen atoms in total. The molecule has 3 aliphatic carbocycles. The summed E-state index contributed by atoms with van der Waals surface area (Å²) >= 11 is 6.14. The minimum atomic E-state index is -4.65. The first-order valence-electron chi connectivity index (χ1n) is 38.0. The molecule has 0 amide bonds. The fraction of sp³-hybridized carbons (Fsp3) is 0.544. The third-order valence-corrected chi connectivity index (χ3v) is 26.1. The van der Waals surface area contributed by atoms with Gasteiger partial charge in [0.2, 0.25) is 30.1 Å². The Kier molecular flexibility index (Phi) is 29.3. The van der Waals surface area contributed by atoms with Crippen LogP contribution in [0.5, 0.6) is 28.7 Å². The number of hydrogen-bond donors (Lipinski definition) is 3. The molecule has 6 fully saturated rings. The molecule has 3 saturated heterocycles. The van der Waals surface area contributed by atoms with E-state index in [1.807, 2.05) is 77.1 Å². The number of anilines is 3. The maximum absolute atomic E-state index is 13.2. The lowest BCUT2D eigenvalue weighted by Gasteiger charge is -2.43. The molecule has 3 aliphatic heterocycles. The van der Waals surface area contributed by atoms with Crippen LogP contribution in [0.1, 0.15) is 130 Å². The molecular formula is C79H108ClF3N10O13S3. The number of methoxy groups -OCH3 is 2. The number of hydrogen-bond acceptors (Lipinski definition) is 19. The topological polar surface area (TPSA) is 247 Å². The van der Waals surface area contributed by atoms with Gasteiger partial charge in [0.15, 0.2) is 0 Å². The maximum Gasteiger partial charge on any atom is 0.416 e. The van der Waals surface area contributed by atoms with Gasteiger partial charge in [-0.3, -0.25) is 24.8 Å². The summed E-state index contributed by atoms with van der Waals surface area (Å²) in [6.07, 6.45) is 5.55. The van der Waals surface area contributed by atoms with E-state index in [0.717, 1.165) is 182 Å². The first-order chi connectivity index (χ1) is 51.9. The number of nitrogens with one attached hydrogen (secondary N) is 3. The van der Waals surface area contributed by atoms with Crippen molar-refractivity contribution in [2.45, 2.75) is 201 Å². The van der Waals surface area contributed by atoms with Crippen molar-refractivity contribution in [3.63, 3.8) is 0 Å². The van der Waals surface area contributed by atoms with Gasteiger partial charge in [-0.1, -0.05) is 54.1 Å². The van der Waals surface area contributed by atoms with Crippen LogP contribution in [0.2, 0.25) is 5.02 Å². The first kappa shape index (κ1) is 84.3. The average molecular weight is 1590 g/mol. The van der Waals surface area contributed by atoms with Crippen molar-refractivity contribution in [2.24, 2.45) is 0 Å². The van der Waals surface area contributed by atoms with Gasteiger partial charge in [-0.25, -0.2) is 39.4 Å². The molecule has 3 saturated carbocycles. The van der Waals surface area contributed by atoms with Crippen molar-refractivity contribution in [3.8, 4) is 28.7 Å². The van der Waals surface area contributed by atoms with Gasteiger partial charge in [0, 0.05) is 132 Å². The van der Waals surface area contributed by atoms with E-state index in [1.54, 1.807) is 12.1 Å². The molecular weight excluding hydrogens is 1490 g/mol. The second kappa shape index (κ2) is 37.9. The van der Waals surface area contributed by atoms with E-state index < -0.39 is 51.6 Å². The molecule has 6 aromatic carbocycles. The molecule has 3 N–H and O–H groups in total. The van der Waals surface area contributed by atoms with Gasteiger partial charge in [-0.15, -0.1) is 0 Å². The normalized spacial score (nSPS) is 21.6. The number of non-ortho nitro benzene ring substituents is 1. The van der Waals surface area contributed by atoms with Crippen LogP contribution in [-0.4, -0.2) is 192 Å². The quantitative estimate of drug-likeness (QED) is 0.0376. The van der Waals surface area contributed by atoms with E-state index in [-0.39, 0.29) is 63.4 Å². The van der Waals surface area contributed by atoms with Crippen LogP contribution >= 0.6 is 11.6 Å². The summed E-state index contributed by atoms with van der Waals surface area (Å²) in [5, 5.41) is 11.6. The lowest BCUT2D eigenvalue weighted by molar-refractivity contribution is -0.385. The summed E-state index contributed by atoms with van der Waals surface area (Å²) in [5.41, 5.74) is 2.96. The van der Waals surface area contributed by atoms with Crippen molar-refractivity contribution in [3.05, 3.63) is 154 Å². The molecule has 30 heteroatoms. The number of rotatable bonds is 24. The standard InChI is InChI=1S/C27H36F3N3O4S.C26H36ClN3O3S.C26H36N4O6S/c1-19(2)37-24-7-5-4-6-23(24)33-16-14-32(15-17-33)22-11-9-21(10-12-22)31-38(34,35)26-18-20(27(28,29)30)8-13-25(26)36-3;1-19(2)33-26-7-5-4-6-25(26)30-16-14-29(15-17-30)22-11-9-21(10-12-22)28-34(31,32)23-13-8-20(3)24(27)18-23;1-19(2)36-24-7-5-4-6-23(24)29-16-14-28(15-17-29)21-10-8-20(9-11-21)27-37(33,34)26-18-22(30(31)32)12-13-25(26)35-3/h4-8,13,18-19,21-22,31H,9-12,14-17H2,1-3H3;4-8,13,18-19,21-22,28H,9-12,14-17H2,1-3H3;4-7,12-13,18-21,27H,8-11,14-17H2,1-3H3. The number of aryl methyl sites for hydroxylation is 1. The number of piperazine rings is 3. The van der Waals surface area contributed by atoms with Crippen LogP contribution in [-0.2, 0) is 36.2 Å². The number of para-hydroxylation sites is 6. The van der Waals surface area contributed by atoms with Gasteiger partial charge in [0.25, 0.3) is 5.69 Å². The van der Waals surface area contributed by atoms with Gasteiger partial charge >= 0.3 is 6.18 Å². The van der Waals surface area contributed by atoms with Gasteiger partial charge in [0.05, 0.1) is 65.0 Å². The van der Waals surface area contributed by atoms with Crippen LogP contribution < -0.4 is 52.6 Å². The highest BCUT2D eigenvalue weighted by molar-refractivity contribution is 7.90. The van der Waals surface area contributed by atoms with E-state index in [4.69, 9.17) is 35.3 Å². The molecule has 3 heterocycles. The Hall–Kier alpha value is -7.19. The van der Waals surface area contributed by atoms with Crippen LogP contribution in [0.4, 0.5) is 35.9 Å². The second-order valence-electron chi connectivity index (χ2n) is 29.7. The zero-order valence-corrected chi connectivity index (χ0v) is 67.2. The molecule has 0 bridgehead atoms. The number of nitro benzene ring substituents is 1. The van der Waals surface area contributed by atoms with Gasteiger partial charge < -0.3 is 38.4 Å². The fourth-order valence-corrected chi connectivity index (χ4v) is 20.1. The third-order valence-electron chi connectivity index (χ3n) is 21.1. The van der Waals surface area contributed by atoms with Crippen molar-refractivity contribution >= 4 is 64.4 Å². The van der Waals surface area contributed by atoms with E-state index in [0.29, 0.717) is 54.9 Å². The first-order valence-corrected chi connectivity index (χ1v) is 42.9. The Morgan fingerprint density at radius 3 is 1.09 bits per heavy atom. The third kappa shape index (κ3) is 22.8. The lowest BCUT2D eigenvalue weighted by atomic mass is 9.90. The average Bonchev–Trinajstić information content (AvgIpc) is 0.795. The number of nitro groups is 1. The number of halogens is 4. The van der Waals surface area contributed by atoms with Gasteiger partial charge in [-0.2, -0.15) is 13.2 Å². The predicted octanol–water partition coefficient (Wildman–Crippen LogP) is 13.6. The number of ether oxygens (including phenoxy) is 5. The van der Waals surface area contributed by atoms with Gasteiger partial charge in [-0.05, 0) is 204 Å². The van der Waals surface area contributed by atoms with Crippen LogP contribution in [0, 0.1) is 17.0 Å². The van der Waals surface area contributed by atoms with E-state index >= 15 is 0 Å². The number of alkyl halides is 3. The lowest BCUT2D eigenvalue weighted by Crippen LogP contribution is -2.52. The summed E-state index contributed by atoms with van der Waals surface area (Å²) in [6.45, 7) is 25.3. The van der Waals surface area contributed by atoms with Crippen molar-refractivity contribution in [2.75, 3.05) is 107 Å². The zero-order chi connectivity index (χ0) is 78.4. The van der Waals surface area contributed by atoms with E-state index in [1.165, 1.54) is 38.1 Å². The molecule has 0 radical (unpaired) electrons. The largest absolute Gasteiger partial charge is 0.495 e.